The van der Waals surface area contributed by atoms with Gasteiger partial charge in [0.15, 0.2) is 0 Å². The first-order valence-electron chi connectivity index (χ1n) is 10.2. The lowest BCUT2D eigenvalue weighted by molar-refractivity contribution is -0.146. The molecular formula is C19H31N5O8. The Morgan fingerprint density at radius 2 is 1.72 bits per heavy atom. The topological polar surface area (TPSA) is 222 Å². The standard InChI is InChI=1S/C19H31N5O8/c1-9(2)15(23-16(28)10(20)5-6-14(26)27)18(30)24-7-3-4-12(24)17(29)22-11(19(31)32)8-13(21)25/h9-12,15H,3-8,20H2,1-2H3,(H2,21,25)(H,22,29)(H,23,28)(H,26,27)(H,31,32). The van der Waals surface area contributed by atoms with E-state index in [4.69, 9.17) is 16.6 Å². The number of carboxylic acid groups (broad SMARTS) is 2. The number of carbonyl (C=O) groups excluding carboxylic acids is 4. The summed E-state index contributed by atoms with van der Waals surface area (Å²) in [4.78, 5) is 72.4. The molecule has 0 aromatic carbocycles. The van der Waals surface area contributed by atoms with Crippen molar-refractivity contribution in [3.05, 3.63) is 0 Å². The molecule has 13 heteroatoms. The second kappa shape index (κ2) is 12.0. The molecule has 0 aliphatic carbocycles. The van der Waals surface area contributed by atoms with Gasteiger partial charge in [-0.25, -0.2) is 4.79 Å². The number of hydrogen-bond donors (Lipinski definition) is 6. The van der Waals surface area contributed by atoms with E-state index in [0.29, 0.717) is 6.42 Å². The van der Waals surface area contributed by atoms with E-state index < -0.39 is 66.2 Å². The number of nitrogens with zero attached hydrogens (tertiary/aromatic N) is 1. The van der Waals surface area contributed by atoms with Crippen LogP contribution in [0.4, 0.5) is 0 Å². The first-order chi connectivity index (χ1) is 14.8. The van der Waals surface area contributed by atoms with Crippen molar-refractivity contribution in [1.29, 1.82) is 0 Å². The van der Waals surface area contributed by atoms with Crippen molar-refractivity contribution in [3.8, 4) is 0 Å². The molecule has 32 heavy (non-hydrogen) atoms. The van der Waals surface area contributed by atoms with Crippen molar-refractivity contribution in [3.63, 3.8) is 0 Å². The third-order valence-corrected chi connectivity index (χ3v) is 5.09. The van der Waals surface area contributed by atoms with Gasteiger partial charge in [-0.15, -0.1) is 0 Å². The van der Waals surface area contributed by atoms with Crippen molar-refractivity contribution >= 4 is 35.6 Å². The highest BCUT2D eigenvalue weighted by Crippen LogP contribution is 2.21. The second-order valence-electron chi connectivity index (χ2n) is 8.03. The molecule has 0 saturated carbocycles. The SMILES string of the molecule is CC(C)C(NC(=O)C(N)CCC(=O)O)C(=O)N1CCCC1C(=O)NC(CC(N)=O)C(=O)O. The van der Waals surface area contributed by atoms with E-state index in [1.807, 2.05) is 0 Å². The number of aliphatic carboxylic acids is 2. The summed E-state index contributed by atoms with van der Waals surface area (Å²) in [6, 6.07) is -4.64. The first-order valence-corrected chi connectivity index (χ1v) is 10.2. The number of nitrogens with one attached hydrogen (secondary N) is 2. The van der Waals surface area contributed by atoms with Crippen LogP contribution in [0, 0.1) is 5.92 Å². The Kier molecular flexibility index (Phi) is 10.0. The molecule has 4 unspecified atom stereocenters. The summed E-state index contributed by atoms with van der Waals surface area (Å²) in [5, 5.41) is 22.7. The molecule has 4 atom stereocenters. The van der Waals surface area contributed by atoms with Crippen molar-refractivity contribution in [2.75, 3.05) is 6.54 Å². The van der Waals surface area contributed by atoms with Crippen LogP contribution >= 0.6 is 0 Å². The van der Waals surface area contributed by atoms with Gasteiger partial charge in [0.2, 0.25) is 23.6 Å². The quantitative estimate of drug-likeness (QED) is 0.186. The van der Waals surface area contributed by atoms with Gasteiger partial charge in [0.1, 0.15) is 18.1 Å². The smallest absolute Gasteiger partial charge is 0.326 e. The van der Waals surface area contributed by atoms with Crippen molar-refractivity contribution < 1.29 is 39.0 Å². The van der Waals surface area contributed by atoms with Crippen molar-refractivity contribution in [2.24, 2.45) is 17.4 Å². The average molecular weight is 457 g/mol. The Balaban J connectivity index is 2.90. The van der Waals surface area contributed by atoms with Gasteiger partial charge in [-0.05, 0) is 25.2 Å². The minimum Gasteiger partial charge on any atom is -0.481 e. The highest BCUT2D eigenvalue weighted by molar-refractivity contribution is 5.95. The Morgan fingerprint density at radius 3 is 2.22 bits per heavy atom. The number of primary amides is 1. The molecule has 1 fully saturated rings. The molecular weight excluding hydrogens is 426 g/mol. The molecule has 8 N–H and O–H groups in total. The molecule has 0 radical (unpaired) electrons. The van der Waals surface area contributed by atoms with Crippen LogP contribution in [0.3, 0.4) is 0 Å². The Labute approximate surface area is 184 Å². The number of hydrogen-bond acceptors (Lipinski definition) is 7. The zero-order chi connectivity index (χ0) is 24.6. The van der Waals surface area contributed by atoms with Crippen LogP contribution in [0.1, 0.15) is 46.0 Å². The summed E-state index contributed by atoms with van der Waals surface area (Å²) in [7, 11) is 0. The van der Waals surface area contributed by atoms with Crippen LogP contribution in [0.25, 0.3) is 0 Å². The van der Waals surface area contributed by atoms with E-state index in [2.05, 4.69) is 10.6 Å². The summed E-state index contributed by atoms with van der Waals surface area (Å²) in [6.07, 6.45) is -0.253. The molecule has 0 aromatic rings. The molecule has 1 heterocycles. The van der Waals surface area contributed by atoms with Crippen LogP contribution in [-0.2, 0) is 28.8 Å². The molecule has 4 amide bonds. The fourth-order valence-electron chi connectivity index (χ4n) is 3.33. The molecule has 0 spiro atoms. The number of nitrogens with two attached hydrogens (primary N) is 2. The fourth-order valence-corrected chi connectivity index (χ4v) is 3.33. The molecule has 1 aliphatic rings. The third-order valence-electron chi connectivity index (χ3n) is 5.09. The van der Waals surface area contributed by atoms with E-state index in [-0.39, 0.29) is 31.7 Å². The molecule has 0 aromatic heterocycles. The van der Waals surface area contributed by atoms with Gasteiger partial charge in [0.05, 0.1) is 12.5 Å². The van der Waals surface area contributed by atoms with Crippen LogP contribution in [0.5, 0.6) is 0 Å². The molecule has 1 rings (SSSR count). The third kappa shape index (κ3) is 7.80. The van der Waals surface area contributed by atoms with E-state index in [1.54, 1.807) is 13.8 Å². The largest absolute Gasteiger partial charge is 0.481 e. The summed E-state index contributed by atoms with van der Waals surface area (Å²) >= 11 is 0. The van der Waals surface area contributed by atoms with Gasteiger partial charge in [-0.2, -0.15) is 0 Å². The van der Waals surface area contributed by atoms with Crippen molar-refractivity contribution in [1.82, 2.24) is 15.5 Å². The maximum atomic E-state index is 13.1. The van der Waals surface area contributed by atoms with Crippen LogP contribution in [-0.4, -0.2) is 81.4 Å². The lowest BCUT2D eigenvalue weighted by atomic mass is 10.0. The van der Waals surface area contributed by atoms with Gasteiger partial charge >= 0.3 is 11.9 Å². The summed E-state index contributed by atoms with van der Waals surface area (Å²) in [5.74, 6) is -5.79. The van der Waals surface area contributed by atoms with E-state index >= 15 is 0 Å². The summed E-state index contributed by atoms with van der Waals surface area (Å²) < 4.78 is 0. The zero-order valence-corrected chi connectivity index (χ0v) is 18.1. The summed E-state index contributed by atoms with van der Waals surface area (Å²) in [6.45, 7) is 3.59. The average Bonchev–Trinajstić information content (AvgIpc) is 3.18. The minimum absolute atomic E-state index is 0.106. The normalized spacial score (nSPS) is 18.5. The first kappa shape index (κ1) is 26.8. The predicted octanol–water partition coefficient (Wildman–Crippen LogP) is -2.24. The maximum absolute atomic E-state index is 13.1. The van der Waals surface area contributed by atoms with Gasteiger partial charge < -0.3 is 37.2 Å². The maximum Gasteiger partial charge on any atom is 0.326 e. The minimum atomic E-state index is -1.52. The van der Waals surface area contributed by atoms with Crippen molar-refractivity contribution in [2.45, 2.75) is 70.1 Å². The highest BCUT2D eigenvalue weighted by atomic mass is 16.4. The second-order valence-corrected chi connectivity index (χ2v) is 8.03. The molecule has 13 nitrogen and oxygen atoms in total. The van der Waals surface area contributed by atoms with Gasteiger partial charge in [-0.3, -0.25) is 24.0 Å². The zero-order valence-electron chi connectivity index (χ0n) is 18.1. The summed E-state index contributed by atoms with van der Waals surface area (Å²) in [5.41, 5.74) is 10.7. The van der Waals surface area contributed by atoms with Crippen LogP contribution in [0.2, 0.25) is 0 Å². The lowest BCUT2D eigenvalue weighted by Crippen LogP contribution is -2.58. The molecule has 180 valence electrons. The number of amides is 4. The molecule has 1 aliphatic heterocycles. The number of likely N-dealkylation sites (tertiary alicyclic amines) is 1. The molecule has 0 bridgehead atoms. The van der Waals surface area contributed by atoms with Crippen LogP contribution < -0.4 is 22.1 Å². The predicted molar refractivity (Wildman–Crippen MR) is 110 cm³/mol. The monoisotopic (exact) mass is 457 g/mol. The fraction of sp³-hybridized carbons (Fsp3) is 0.684. The number of carbonyl (C=O) groups is 6. The van der Waals surface area contributed by atoms with E-state index in [0.717, 1.165) is 0 Å². The van der Waals surface area contributed by atoms with Gasteiger partial charge in [0, 0.05) is 13.0 Å². The van der Waals surface area contributed by atoms with Gasteiger partial charge in [0.25, 0.3) is 0 Å². The Bertz CT molecular complexity index is 756. The van der Waals surface area contributed by atoms with Gasteiger partial charge in [-0.1, -0.05) is 13.8 Å². The van der Waals surface area contributed by atoms with E-state index in [1.165, 1.54) is 4.90 Å². The van der Waals surface area contributed by atoms with E-state index in [9.17, 15) is 33.9 Å². The van der Waals surface area contributed by atoms with Crippen LogP contribution in [0.15, 0.2) is 0 Å². The Hall–Kier alpha value is -3.22. The lowest BCUT2D eigenvalue weighted by Gasteiger charge is -2.31. The number of rotatable bonds is 12. The highest BCUT2D eigenvalue weighted by Gasteiger charge is 2.40. The molecule has 1 saturated heterocycles. The Morgan fingerprint density at radius 1 is 1.09 bits per heavy atom. The number of carboxylic acids is 2.